The third kappa shape index (κ3) is 1.82. The van der Waals surface area contributed by atoms with E-state index in [1.54, 1.807) is 11.8 Å². The van der Waals surface area contributed by atoms with Gasteiger partial charge in [-0.05, 0) is 19.1 Å². The highest BCUT2D eigenvalue weighted by Crippen LogP contribution is 2.19. The molecule has 2 rings (SSSR count). The lowest BCUT2D eigenvalue weighted by atomic mass is 10.4. The molecule has 2 aromatic rings. The number of hydrogen-bond acceptors (Lipinski definition) is 2. The Morgan fingerprint density at radius 1 is 1.57 bits per heavy atom. The normalized spacial score (nSPS) is 10.6. The second-order valence-electron chi connectivity index (χ2n) is 3.28. The van der Waals surface area contributed by atoms with Gasteiger partial charge in [-0.25, -0.2) is 4.98 Å². The molecule has 14 heavy (non-hydrogen) atoms. The number of fused-ring (bicyclic) bond motifs is 1. The van der Waals surface area contributed by atoms with Crippen molar-refractivity contribution in [2.75, 3.05) is 5.75 Å². The van der Waals surface area contributed by atoms with E-state index in [0.29, 0.717) is 0 Å². The fourth-order valence-electron chi connectivity index (χ4n) is 1.21. The molecule has 0 saturated carbocycles. The van der Waals surface area contributed by atoms with E-state index in [1.807, 2.05) is 31.5 Å². The van der Waals surface area contributed by atoms with Crippen LogP contribution in [0.25, 0.3) is 5.52 Å². The van der Waals surface area contributed by atoms with E-state index in [4.69, 9.17) is 0 Å². The van der Waals surface area contributed by atoms with E-state index in [0.717, 1.165) is 16.4 Å². The molecule has 3 heteroatoms. The van der Waals surface area contributed by atoms with E-state index in [1.165, 1.54) is 5.57 Å². The lowest BCUT2D eigenvalue weighted by Crippen LogP contribution is -1.87. The first-order valence-corrected chi connectivity index (χ1v) is 5.45. The van der Waals surface area contributed by atoms with Crippen molar-refractivity contribution >= 4 is 17.3 Å². The highest BCUT2D eigenvalue weighted by Gasteiger charge is 2.02. The van der Waals surface area contributed by atoms with Gasteiger partial charge in [0, 0.05) is 11.9 Å². The Kier molecular flexibility index (Phi) is 2.59. The minimum absolute atomic E-state index is 0.925. The van der Waals surface area contributed by atoms with Crippen LogP contribution >= 0.6 is 11.8 Å². The van der Waals surface area contributed by atoms with Gasteiger partial charge >= 0.3 is 0 Å². The third-order valence-electron chi connectivity index (χ3n) is 1.85. The molecule has 0 saturated heterocycles. The van der Waals surface area contributed by atoms with Crippen molar-refractivity contribution in [2.45, 2.75) is 12.1 Å². The van der Waals surface area contributed by atoms with Gasteiger partial charge in [-0.3, -0.25) is 4.40 Å². The van der Waals surface area contributed by atoms with Gasteiger partial charge in [-0.15, -0.1) is 0 Å². The smallest absolute Gasteiger partial charge is 0.172 e. The van der Waals surface area contributed by atoms with Gasteiger partial charge in [-0.1, -0.05) is 30.0 Å². The third-order valence-corrected chi connectivity index (χ3v) is 3.05. The van der Waals surface area contributed by atoms with Crippen molar-refractivity contribution < 1.29 is 0 Å². The molecule has 2 aromatic heterocycles. The molecule has 0 aliphatic carbocycles. The number of hydrogen-bond donors (Lipinski definition) is 0. The highest BCUT2D eigenvalue weighted by atomic mass is 32.2. The summed E-state index contributed by atoms with van der Waals surface area (Å²) < 4.78 is 2.09. The van der Waals surface area contributed by atoms with E-state index >= 15 is 0 Å². The molecule has 0 radical (unpaired) electrons. The van der Waals surface area contributed by atoms with Crippen molar-refractivity contribution in [1.29, 1.82) is 0 Å². The van der Waals surface area contributed by atoms with Gasteiger partial charge in [0.25, 0.3) is 0 Å². The zero-order valence-corrected chi connectivity index (χ0v) is 8.92. The second kappa shape index (κ2) is 3.88. The molecule has 0 aliphatic rings. The molecule has 0 unspecified atom stereocenters. The fourth-order valence-corrected chi connectivity index (χ4v) is 2.02. The summed E-state index contributed by atoms with van der Waals surface area (Å²) in [5.41, 5.74) is 2.30. The maximum absolute atomic E-state index is 4.35. The quantitative estimate of drug-likeness (QED) is 0.565. The summed E-state index contributed by atoms with van der Waals surface area (Å²) >= 11 is 1.72. The summed E-state index contributed by atoms with van der Waals surface area (Å²) in [4.78, 5) is 4.35. The zero-order valence-electron chi connectivity index (χ0n) is 8.10. The summed E-state index contributed by atoms with van der Waals surface area (Å²) in [7, 11) is 0. The predicted molar refractivity (Wildman–Crippen MR) is 60.7 cm³/mol. The van der Waals surface area contributed by atoms with E-state index < -0.39 is 0 Å². The lowest BCUT2D eigenvalue weighted by Gasteiger charge is -1.99. The Morgan fingerprint density at radius 3 is 3.21 bits per heavy atom. The average Bonchev–Trinajstić information content (AvgIpc) is 2.58. The van der Waals surface area contributed by atoms with E-state index in [2.05, 4.69) is 22.0 Å². The standard InChI is InChI=1S/C11H12N2S/c1-9(2)8-14-11-12-7-10-5-3-4-6-13(10)11/h3-7H,1,8H2,2H3. The molecular weight excluding hydrogens is 192 g/mol. The largest absolute Gasteiger partial charge is 0.295 e. The van der Waals surface area contributed by atoms with Gasteiger partial charge in [-0.2, -0.15) is 0 Å². The number of aromatic nitrogens is 2. The van der Waals surface area contributed by atoms with Crippen LogP contribution in [-0.4, -0.2) is 15.1 Å². The van der Waals surface area contributed by atoms with Crippen LogP contribution < -0.4 is 0 Å². The molecule has 0 spiro atoms. The van der Waals surface area contributed by atoms with Crippen molar-refractivity contribution in [3.63, 3.8) is 0 Å². The van der Waals surface area contributed by atoms with Crippen LogP contribution in [0.2, 0.25) is 0 Å². The van der Waals surface area contributed by atoms with Crippen LogP contribution in [0.5, 0.6) is 0 Å². The molecule has 0 bridgehead atoms. The van der Waals surface area contributed by atoms with E-state index in [9.17, 15) is 0 Å². The van der Waals surface area contributed by atoms with Gasteiger partial charge in [0.15, 0.2) is 5.16 Å². The summed E-state index contributed by atoms with van der Waals surface area (Å²) in [6, 6.07) is 6.08. The van der Waals surface area contributed by atoms with Crippen molar-refractivity contribution in [3.8, 4) is 0 Å². The summed E-state index contributed by atoms with van der Waals surface area (Å²) in [5, 5.41) is 1.03. The zero-order chi connectivity index (χ0) is 9.97. The molecule has 0 atom stereocenters. The van der Waals surface area contributed by atoms with Crippen LogP contribution in [0.4, 0.5) is 0 Å². The Morgan fingerprint density at radius 2 is 2.43 bits per heavy atom. The molecule has 0 fully saturated rings. The maximum atomic E-state index is 4.35. The maximum Gasteiger partial charge on any atom is 0.172 e. The molecule has 0 aromatic carbocycles. The second-order valence-corrected chi connectivity index (χ2v) is 4.22. The summed E-state index contributed by atoms with van der Waals surface area (Å²) in [6.45, 7) is 5.91. The lowest BCUT2D eigenvalue weighted by molar-refractivity contribution is 0.959. The van der Waals surface area contributed by atoms with Crippen molar-refractivity contribution in [3.05, 3.63) is 42.7 Å². The van der Waals surface area contributed by atoms with Gasteiger partial charge in [0.2, 0.25) is 0 Å². The first kappa shape index (κ1) is 9.34. The first-order chi connectivity index (χ1) is 6.77. The minimum Gasteiger partial charge on any atom is -0.295 e. The average molecular weight is 204 g/mol. The monoisotopic (exact) mass is 204 g/mol. The van der Waals surface area contributed by atoms with Crippen LogP contribution in [0.1, 0.15) is 6.92 Å². The topological polar surface area (TPSA) is 17.3 Å². The Balaban J connectivity index is 2.29. The number of rotatable bonds is 3. The van der Waals surface area contributed by atoms with Crippen molar-refractivity contribution in [2.24, 2.45) is 0 Å². The highest BCUT2D eigenvalue weighted by molar-refractivity contribution is 7.99. The molecule has 2 nitrogen and oxygen atoms in total. The van der Waals surface area contributed by atoms with E-state index in [-0.39, 0.29) is 0 Å². The Bertz CT molecular complexity index is 459. The number of nitrogens with zero attached hydrogens (tertiary/aromatic N) is 2. The molecule has 0 amide bonds. The molecular formula is C11H12N2S. The molecule has 0 aliphatic heterocycles. The fraction of sp³-hybridized carbons (Fsp3) is 0.182. The number of pyridine rings is 1. The summed E-state index contributed by atoms with van der Waals surface area (Å²) in [6.07, 6.45) is 3.92. The Hall–Kier alpha value is -1.22. The molecule has 0 N–H and O–H groups in total. The van der Waals surface area contributed by atoms with Gasteiger partial charge < -0.3 is 0 Å². The van der Waals surface area contributed by atoms with Crippen LogP contribution in [0, 0.1) is 0 Å². The minimum atomic E-state index is 0.925. The van der Waals surface area contributed by atoms with Gasteiger partial charge in [0.05, 0.1) is 11.7 Å². The Labute approximate surface area is 87.7 Å². The van der Waals surface area contributed by atoms with Crippen LogP contribution in [0.3, 0.4) is 0 Å². The van der Waals surface area contributed by atoms with Gasteiger partial charge in [0.1, 0.15) is 0 Å². The molecule has 72 valence electrons. The first-order valence-electron chi connectivity index (χ1n) is 4.46. The van der Waals surface area contributed by atoms with Crippen molar-refractivity contribution in [1.82, 2.24) is 9.38 Å². The number of imidazole rings is 1. The predicted octanol–water partition coefficient (Wildman–Crippen LogP) is 3.00. The van der Waals surface area contributed by atoms with Crippen LogP contribution in [0.15, 0.2) is 47.9 Å². The number of thioether (sulfide) groups is 1. The summed E-state index contributed by atoms with van der Waals surface area (Å²) in [5.74, 6) is 0.925. The molecule has 2 heterocycles. The van der Waals surface area contributed by atoms with Crippen LogP contribution in [-0.2, 0) is 0 Å². The SMILES string of the molecule is C=C(C)CSc1ncc2ccccn12.